The van der Waals surface area contributed by atoms with Gasteiger partial charge in [-0.1, -0.05) is 17.7 Å². The van der Waals surface area contributed by atoms with Crippen LogP contribution >= 0.6 is 0 Å². The van der Waals surface area contributed by atoms with Gasteiger partial charge >= 0.3 is 5.97 Å². The number of rotatable bonds is 3. The van der Waals surface area contributed by atoms with E-state index in [9.17, 15) is 13.2 Å². The smallest absolute Gasteiger partial charge is 0.334 e. The summed E-state index contributed by atoms with van der Waals surface area (Å²) in [5.74, 6) is 4.20. The third-order valence-electron chi connectivity index (χ3n) is 1.94. The molecule has 0 radical (unpaired) electrons. The van der Waals surface area contributed by atoms with Crippen LogP contribution in [0.25, 0.3) is 0 Å². The van der Waals surface area contributed by atoms with Gasteiger partial charge in [0.15, 0.2) is 6.61 Å². The van der Waals surface area contributed by atoms with Crippen molar-refractivity contribution in [2.75, 3.05) is 6.61 Å². The summed E-state index contributed by atoms with van der Waals surface area (Å²) in [6.07, 6.45) is 0. The van der Waals surface area contributed by atoms with E-state index >= 15 is 0 Å². The minimum absolute atomic E-state index is 0.0666. The third kappa shape index (κ3) is 9.97. The van der Waals surface area contributed by atoms with Crippen LogP contribution in [-0.4, -0.2) is 31.1 Å². The molecule has 0 unspecified atom stereocenters. The van der Waals surface area contributed by atoms with Gasteiger partial charge in [0.2, 0.25) is 0 Å². The van der Waals surface area contributed by atoms with Gasteiger partial charge in [-0.15, -0.1) is 0 Å². The molecule has 0 amide bonds. The molecule has 0 spiro atoms. The summed E-state index contributed by atoms with van der Waals surface area (Å²) in [6.45, 7) is 6.98. The fraction of sp³-hybridized carbons (Fsp3) is 0.462. The van der Waals surface area contributed by atoms with Crippen LogP contribution in [0.15, 0.2) is 29.2 Å². The Balaban J connectivity index is 0.000000384. The summed E-state index contributed by atoms with van der Waals surface area (Å²) in [4.78, 5) is 14.6. The molecule has 1 rings (SSSR count). The molecule has 0 aliphatic heterocycles. The number of benzene rings is 1. The Labute approximate surface area is 124 Å². The van der Waals surface area contributed by atoms with Crippen LogP contribution in [0, 0.1) is 6.92 Å². The molecule has 120 valence electrons. The second-order valence-corrected chi connectivity index (χ2v) is 6.61. The SMILES string of the molecule is CC(C)(C)OC(=O)CON.Cc1ccc(S(=O)(=O)O)cc1. The van der Waals surface area contributed by atoms with Gasteiger partial charge in [-0.3, -0.25) is 9.39 Å². The lowest BCUT2D eigenvalue weighted by Gasteiger charge is -2.18. The van der Waals surface area contributed by atoms with Gasteiger partial charge in [0.1, 0.15) is 5.60 Å². The van der Waals surface area contributed by atoms with E-state index in [-0.39, 0.29) is 11.5 Å². The highest BCUT2D eigenvalue weighted by Crippen LogP contribution is 2.08. The molecule has 3 N–H and O–H groups in total. The number of carbonyl (C=O) groups is 1. The lowest BCUT2D eigenvalue weighted by Crippen LogP contribution is -2.27. The summed E-state index contributed by atoms with van der Waals surface area (Å²) < 4.78 is 34.4. The zero-order chi connectivity index (χ0) is 16.7. The van der Waals surface area contributed by atoms with Gasteiger partial charge in [0.05, 0.1) is 4.90 Å². The monoisotopic (exact) mass is 319 g/mol. The van der Waals surface area contributed by atoms with E-state index in [0.29, 0.717) is 0 Å². The Bertz CT molecular complexity index is 545. The highest BCUT2D eigenvalue weighted by molar-refractivity contribution is 7.85. The predicted molar refractivity (Wildman–Crippen MR) is 77.0 cm³/mol. The molecule has 0 saturated heterocycles. The van der Waals surface area contributed by atoms with Crippen LogP contribution in [0.5, 0.6) is 0 Å². The molecule has 0 atom stereocenters. The average Bonchev–Trinajstić information content (AvgIpc) is 2.26. The number of nitrogens with two attached hydrogens (primary N) is 1. The quantitative estimate of drug-likeness (QED) is 0.492. The van der Waals surface area contributed by atoms with Crippen molar-refractivity contribution in [3.63, 3.8) is 0 Å². The predicted octanol–water partition coefficient (Wildman–Crippen LogP) is 1.46. The van der Waals surface area contributed by atoms with Gasteiger partial charge in [0, 0.05) is 0 Å². The molecule has 0 heterocycles. The van der Waals surface area contributed by atoms with E-state index in [4.69, 9.17) is 9.29 Å². The Morgan fingerprint density at radius 1 is 1.24 bits per heavy atom. The lowest BCUT2D eigenvalue weighted by atomic mass is 10.2. The van der Waals surface area contributed by atoms with Crippen molar-refractivity contribution < 1.29 is 27.3 Å². The van der Waals surface area contributed by atoms with E-state index in [2.05, 4.69) is 10.7 Å². The zero-order valence-corrected chi connectivity index (χ0v) is 13.3. The maximum absolute atomic E-state index is 10.6. The Morgan fingerprint density at radius 3 is 2.05 bits per heavy atom. The second-order valence-electron chi connectivity index (χ2n) is 5.19. The molecule has 0 saturated carbocycles. The van der Waals surface area contributed by atoms with E-state index in [0.717, 1.165) is 5.56 Å². The fourth-order valence-electron chi connectivity index (χ4n) is 1.15. The average molecular weight is 319 g/mol. The van der Waals surface area contributed by atoms with Crippen LogP contribution in [0.4, 0.5) is 0 Å². The van der Waals surface area contributed by atoms with Gasteiger partial charge in [-0.05, 0) is 39.8 Å². The first-order valence-corrected chi connectivity index (χ1v) is 7.47. The topological polar surface area (TPSA) is 116 Å². The van der Waals surface area contributed by atoms with Crippen molar-refractivity contribution in [2.45, 2.75) is 38.2 Å². The molecular formula is C13H21NO6S. The van der Waals surface area contributed by atoms with Crippen molar-refractivity contribution in [3.8, 4) is 0 Å². The Kier molecular flexibility index (Phi) is 7.51. The van der Waals surface area contributed by atoms with Crippen LogP contribution in [0.1, 0.15) is 26.3 Å². The van der Waals surface area contributed by atoms with Crippen molar-refractivity contribution in [1.82, 2.24) is 0 Å². The first-order valence-electron chi connectivity index (χ1n) is 6.03. The van der Waals surface area contributed by atoms with E-state index in [1.165, 1.54) is 12.1 Å². The number of aryl methyl sites for hydroxylation is 1. The molecular weight excluding hydrogens is 298 g/mol. The van der Waals surface area contributed by atoms with Crippen LogP contribution in [0.3, 0.4) is 0 Å². The summed E-state index contributed by atoms with van der Waals surface area (Å²) in [7, 11) is -4.02. The lowest BCUT2D eigenvalue weighted by molar-refractivity contribution is -0.160. The molecule has 1 aromatic carbocycles. The van der Waals surface area contributed by atoms with Crippen molar-refractivity contribution in [1.29, 1.82) is 0 Å². The molecule has 8 heteroatoms. The minimum atomic E-state index is -4.02. The van der Waals surface area contributed by atoms with Crippen LogP contribution in [0.2, 0.25) is 0 Å². The van der Waals surface area contributed by atoms with E-state index < -0.39 is 21.7 Å². The van der Waals surface area contributed by atoms with Gasteiger partial charge in [-0.25, -0.2) is 10.7 Å². The third-order valence-corrected chi connectivity index (χ3v) is 2.81. The van der Waals surface area contributed by atoms with E-state index in [1.807, 2.05) is 6.92 Å². The number of hydrogen-bond donors (Lipinski definition) is 2. The zero-order valence-electron chi connectivity index (χ0n) is 12.5. The highest BCUT2D eigenvalue weighted by atomic mass is 32.2. The molecule has 0 aliphatic carbocycles. The Morgan fingerprint density at radius 2 is 1.71 bits per heavy atom. The first-order chi connectivity index (χ1) is 9.45. The molecule has 1 aromatic rings. The van der Waals surface area contributed by atoms with Crippen molar-refractivity contribution in [3.05, 3.63) is 29.8 Å². The van der Waals surface area contributed by atoms with Gasteiger partial charge < -0.3 is 4.74 Å². The molecule has 0 bridgehead atoms. The number of ether oxygens (including phenoxy) is 1. The largest absolute Gasteiger partial charge is 0.458 e. The van der Waals surface area contributed by atoms with Crippen LogP contribution < -0.4 is 5.90 Å². The highest BCUT2D eigenvalue weighted by Gasteiger charge is 2.15. The molecule has 0 fully saturated rings. The van der Waals surface area contributed by atoms with Crippen molar-refractivity contribution in [2.24, 2.45) is 5.90 Å². The summed E-state index contributed by atoms with van der Waals surface area (Å²) in [5, 5.41) is 0. The van der Waals surface area contributed by atoms with Gasteiger partial charge in [0.25, 0.3) is 10.1 Å². The van der Waals surface area contributed by atoms with Gasteiger partial charge in [-0.2, -0.15) is 8.42 Å². The normalized spacial score (nSPS) is 11.3. The molecule has 0 aliphatic rings. The standard InChI is InChI=1S/C7H8O3S.C6H13NO3/c1-6-2-4-7(5-3-6)11(8,9)10;1-6(2,3)10-5(8)4-9-7/h2-5H,1H3,(H,8,9,10);4,7H2,1-3H3. The fourth-order valence-corrected chi connectivity index (χ4v) is 1.63. The number of hydrogen-bond acceptors (Lipinski definition) is 6. The number of carbonyl (C=O) groups excluding carboxylic acids is 1. The summed E-state index contributed by atoms with van der Waals surface area (Å²) in [5.41, 5.74) is 0.493. The maximum atomic E-state index is 10.6. The number of esters is 1. The minimum Gasteiger partial charge on any atom is -0.458 e. The van der Waals surface area contributed by atoms with Crippen molar-refractivity contribution >= 4 is 16.1 Å². The Hall–Kier alpha value is -1.48. The second kappa shape index (κ2) is 8.08. The molecule has 21 heavy (non-hydrogen) atoms. The summed E-state index contributed by atoms with van der Waals surface area (Å²) >= 11 is 0. The maximum Gasteiger partial charge on any atom is 0.334 e. The van der Waals surface area contributed by atoms with Crippen LogP contribution in [-0.2, 0) is 24.5 Å². The molecule has 7 nitrogen and oxygen atoms in total. The summed E-state index contributed by atoms with van der Waals surface area (Å²) in [6, 6.07) is 5.99. The first kappa shape index (κ1) is 19.5. The molecule has 0 aromatic heterocycles. The van der Waals surface area contributed by atoms with E-state index in [1.54, 1.807) is 32.9 Å².